The van der Waals surface area contributed by atoms with E-state index in [1.54, 1.807) is 0 Å². The second-order valence-electron chi connectivity index (χ2n) is 8.49. The quantitative estimate of drug-likeness (QED) is 0.780. The Bertz CT molecular complexity index is 482. The fourth-order valence-electron chi connectivity index (χ4n) is 5.73. The number of hydrogen-bond acceptors (Lipinski definition) is 5. The predicted octanol–water partition coefficient (Wildman–Crippen LogP) is 2.69. The van der Waals surface area contributed by atoms with Gasteiger partial charge >= 0.3 is 11.9 Å². The lowest BCUT2D eigenvalue weighted by molar-refractivity contribution is -0.232. The van der Waals surface area contributed by atoms with Gasteiger partial charge in [-0.15, -0.1) is 0 Å². The van der Waals surface area contributed by atoms with E-state index in [9.17, 15) is 14.7 Å². The molecule has 5 nitrogen and oxygen atoms in total. The van der Waals surface area contributed by atoms with Gasteiger partial charge in [-0.1, -0.05) is 13.8 Å². The summed E-state index contributed by atoms with van der Waals surface area (Å²) in [5, 5.41) is 9.25. The summed E-state index contributed by atoms with van der Waals surface area (Å²) in [4.78, 5) is 24.2. The van der Waals surface area contributed by atoms with Crippen LogP contribution in [0.4, 0.5) is 0 Å². The van der Waals surface area contributed by atoms with Gasteiger partial charge in [0.25, 0.3) is 0 Å². The van der Waals surface area contributed by atoms with Gasteiger partial charge in [0.15, 0.2) is 6.10 Å². The largest absolute Gasteiger partial charge is 0.455 e. The predicted molar refractivity (Wildman–Crippen MR) is 87.9 cm³/mol. The monoisotopic (exact) mass is 338 g/mol. The highest BCUT2D eigenvalue weighted by atomic mass is 16.6. The van der Waals surface area contributed by atoms with Crippen LogP contribution in [0.2, 0.25) is 0 Å². The van der Waals surface area contributed by atoms with E-state index in [2.05, 4.69) is 13.8 Å². The molecule has 4 rings (SSSR count). The zero-order valence-electron chi connectivity index (χ0n) is 15.2. The molecule has 0 amide bonds. The Labute approximate surface area is 144 Å². The molecule has 2 unspecified atom stereocenters. The molecule has 4 saturated carbocycles. The first-order chi connectivity index (χ1) is 11.2. The van der Waals surface area contributed by atoms with Crippen molar-refractivity contribution in [3.63, 3.8) is 0 Å². The van der Waals surface area contributed by atoms with Crippen LogP contribution in [-0.2, 0) is 19.1 Å². The van der Waals surface area contributed by atoms with Gasteiger partial charge in [-0.05, 0) is 75.5 Å². The van der Waals surface area contributed by atoms with Gasteiger partial charge in [0.2, 0.25) is 0 Å². The zero-order valence-corrected chi connectivity index (χ0v) is 15.2. The number of carbonyl (C=O) groups excluding carboxylic acids is 2. The maximum absolute atomic E-state index is 12.6. The van der Waals surface area contributed by atoms with E-state index in [0.29, 0.717) is 11.8 Å². The number of esters is 2. The van der Waals surface area contributed by atoms with Crippen molar-refractivity contribution in [2.24, 2.45) is 29.6 Å². The van der Waals surface area contributed by atoms with Crippen LogP contribution < -0.4 is 0 Å². The van der Waals surface area contributed by atoms with E-state index in [1.165, 1.54) is 20.3 Å². The van der Waals surface area contributed by atoms with E-state index in [4.69, 9.17) is 9.47 Å². The van der Waals surface area contributed by atoms with Crippen LogP contribution in [0.3, 0.4) is 0 Å². The smallest absolute Gasteiger partial charge is 0.347 e. The van der Waals surface area contributed by atoms with Crippen LogP contribution in [0.1, 0.15) is 59.8 Å². The lowest BCUT2D eigenvalue weighted by Gasteiger charge is -2.61. The van der Waals surface area contributed by atoms with E-state index in [0.717, 1.165) is 37.5 Å². The summed E-state index contributed by atoms with van der Waals surface area (Å²) in [5.41, 5.74) is -0.421. The van der Waals surface area contributed by atoms with Crippen LogP contribution in [0.5, 0.6) is 0 Å². The second kappa shape index (κ2) is 6.32. The Kier molecular flexibility index (Phi) is 4.67. The summed E-state index contributed by atoms with van der Waals surface area (Å²) in [6.45, 7) is 7.13. The molecule has 1 N–H and O–H groups in total. The van der Waals surface area contributed by atoms with Gasteiger partial charge in [0.1, 0.15) is 11.7 Å². The Morgan fingerprint density at radius 3 is 1.83 bits per heavy atom. The first kappa shape index (κ1) is 17.7. The summed E-state index contributed by atoms with van der Waals surface area (Å²) < 4.78 is 11.1. The van der Waals surface area contributed by atoms with Crippen LogP contribution in [-0.4, -0.2) is 34.9 Å². The van der Waals surface area contributed by atoms with E-state index < -0.39 is 29.7 Å². The Balaban J connectivity index is 1.75. The first-order valence-electron chi connectivity index (χ1n) is 9.35. The Morgan fingerprint density at radius 1 is 0.917 bits per heavy atom. The van der Waals surface area contributed by atoms with E-state index in [1.807, 2.05) is 0 Å². The summed E-state index contributed by atoms with van der Waals surface area (Å²) in [6, 6.07) is 0. The fraction of sp³-hybridized carbons (Fsp3) is 0.895. The Hall–Kier alpha value is -1.10. The molecule has 0 spiro atoms. The van der Waals surface area contributed by atoms with Gasteiger partial charge in [0.05, 0.1) is 0 Å². The zero-order chi connectivity index (χ0) is 17.6. The summed E-state index contributed by atoms with van der Waals surface area (Å²) in [7, 11) is 0. The molecule has 0 saturated heterocycles. The molecular formula is C19H30O5. The van der Waals surface area contributed by atoms with Crippen LogP contribution >= 0.6 is 0 Å². The molecule has 4 bridgehead atoms. The summed E-state index contributed by atoms with van der Waals surface area (Å²) >= 11 is 0. The second-order valence-corrected chi connectivity index (χ2v) is 8.49. The molecule has 4 fully saturated rings. The highest BCUT2D eigenvalue weighted by molar-refractivity contribution is 5.81. The normalized spacial score (nSPS) is 39.6. The molecular weight excluding hydrogens is 308 g/mol. The van der Waals surface area contributed by atoms with Gasteiger partial charge in [-0.3, -0.25) is 0 Å². The summed E-state index contributed by atoms with van der Waals surface area (Å²) in [6.07, 6.45) is 3.74. The molecule has 0 aromatic rings. The first-order valence-corrected chi connectivity index (χ1v) is 9.35. The topological polar surface area (TPSA) is 72.8 Å². The molecule has 0 aromatic carbocycles. The average molecular weight is 338 g/mol. The fourth-order valence-corrected chi connectivity index (χ4v) is 5.73. The van der Waals surface area contributed by atoms with Gasteiger partial charge in [0, 0.05) is 0 Å². The SMILES string of the molecule is CC(O)C(=O)OC(C)C(=O)OC1(C(C)C)C2CC3CC(C2)CC1C3. The standard InChI is InChI=1S/C19H30O5/c1-10(2)19(24-18(22)12(4)23-17(21)11(3)20)15-6-13-5-14(8-15)9-16(19)7-13/h10-16,20H,5-9H2,1-4H3. The molecule has 5 heteroatoms. The van der Waals surface area contributed by atoms with Crippen molar-refractivity contribution < 1.29 is 24.2 Å². The number of hydrogen-bond donors (Lipinski definition) is 1. The van der Waals surface area contributed by atoms with Gasteiger partial charge in [-0.25, -0.2) is 9.59 Å². The van der Waals surface area contributed by atoms with Gasteiger partial charge in [-0.2, -0.15) is 0 Å². The number of rotatable bonds is 5. The van der Waals surface area contributed by atoms with Crippen molar-refractivity contribution in [3.8, 4) is 0 Å². The molecule has 24 heavy (non-hydrogen) atoms. The molecule has 4 aliphatic carbocycles. The van der Waals surface area contributed by atoms with Crippen molar-refractivity contribution in [1.82, 2.24) is 0 Å². The lowest BCUT2D eigenvalue weighted by atomic mass is 9.47. The highest BCUT2D eigenvalue weighted by Gasteiger charge is 2.61. The molecule has 0 aliphatic heterocycles. The maximum atomic E-state index is 12.6. The lowest BCUT2D eigenvalue weighted by Crippen LogP contribution is -2.62. The molecule has 0 heterocycles. The van der Waals surface area contributed by atoms with E-state index >= 15 is 0 Å². The highest BCUT2D eigenvalue weighted by Crippen LogP contribution is 2.61. The number of aliphatic hydroxyl groups excluding tert-OH is 1. The minimum Gasteiger partial charge on any atom is -0.455 e. The van der Waals surface area contributed by atoms with Crippen molar-refractivity contribution >= 4 is 11.9 Å². The molecule has 4 aliphatic rings. The van der Waals surface area contributed by atoms with Crippen molar-refractivity contribution in [2.45, 2.75) is 77.6 Å². The number of ether oxygens (including phenoxy) is 2. The Morgan fingerprint density at radius 2 is 1.42 bits per heavy atom. The average Bonchev–Trinajstić information content (AvgIpc) is 2.49. The minimum atomic E-state index is -1.24. The molecule has 2 atom stereocenters. The van der Waals surface area contributed by atoms with E-state index in [-0.39, 0.29) is 5.92 Å². The maximum Gasteiger partial charge on any atom is 0.347 e. The van der Waals surface area contributed by atoms with Crippen LogP contribution in [0, 0.1) is 29.6 Å². The van der Waals surface area contributed by atoms with Crippen LogP contribution in [0.15, 0.2) is 0 Å². The molecule has 136 valence electrons. The third-order valence-electron chi connectivity index (χ3n) is 6.56. The van der Waals surface area contributed by atoms with Crippen molar-refractivity contribution in [1.29, 1.82) is 0 Å². The van der Waals surface area contributed by atoms with Crippen molar-refractivity contribution in [2.75, 3.05) is 0 Å². The van der Waals surface area contributed by atoms with Crippen LogP contribution in [0.25, 0.3) is 0 Å². The number of carbonyl (C=O) groups is 2. The van der Waals surface area contributed by atoms with Crippen molar-refractivity contribution in [3.05, 3.63) is 0 Å². The molecule has 0 radical (unpaired) electrons. The molecule has 0 aromatic heterocycles. The number of aliphatic hydroxyl groups is 1. The minimum absolute atomic E-state index is 0.246. The van der Waals surface area contributed by atoms with Gasteiger partial charge < -0.3 is 14.6 Å². The third-order valence-corrected chi connectivity index (χ3v) is 6.56. The third kappa shape index (κ3) is 2.85. The summed E-state index contributed by atoms with van der Waals surface area (Å²) in [5.74, 6) is 1.42.